The van der Waals surface area contributed by atoms with E-state index in [4.69, 9.17) is 10.7 Å². The Bertz CT molecular complexity index is 554. The van der Waals surface area contributed by atoms with Gasteiger partial charge in [0.05, 0.1) is 11.7 Å². The molecule has 1 heterocycles. The molecule has 4 heteroatoms. The van der Waals surface area contributed by atoms with Crippen LogP contribution in [0.2, 0.25) is 0 Å². The summed E-state index contributed by atoms with van der Waals surface area (Å²) in [5.41, 5.74) is 7.06. The fraction of sp³-hybridized carbons (Fsp3) is 0.750. The van der Waals surface area contributed by atoms with Gasteiger partial charge in [-0.2, -0.15) is 0 Å². The van der Waals surface area contributed by atoms with Gasteiger partial charge in [0.25, 0.3) is 5.56 Å². The minimum atomic E-state index is -0.212. The van der Waals surface area contributed by atoms with Crippen molar-refractivity contribution in [1.29, 1.82) is 0 Å². The number of rotatable bonds is 2. The first-order chi connectivity index (χ1) is 9.54. The summed E-state index contributed by atoms with van der Waals surface area (Å²) in [6, 6.07) is 1.52. The summed E-state index contributed by atoms with van der Waals surface area (Å²) in [6.45, 7) is 1.88. The molecule has 0 saturated heterocycles. The Morgan fingerprint density at radius 3 is 2.30 bits per heavy atom. The molecule has 0 amide bonds. The van der Waals surface area contributed by atoms with Crippen LogP contribution >= 0.6 is 0 Å². The van der Waals surface area contributed by atoms with E-state index in [0.717, 1.165) is 23.4 Å². The van der Waals surface area contributed by atoms with Crippen molar-refractivity contribution in [2.75, 3.05) is 0 Å². The smallest absolute Gasteiger partial charge is 0.251 e. The van der Waals surface area contributed by atoms with Gasteiger partial charge in [0.1, 0.15) is 5.82 Å². The van der Waals surface area contributed by atoms with Crippen LogP contribution in [0.4, 0.5) is 0 Å². The van der Waals surface area contributed by atoms with Crippen LogP contribution in [-0.4, -0.2) is 9.97 Å². The van der Waals surface area contributed by atoms with Gasteiger partial charge in [-0.25, -0.2) is 4.98 Å². The zero-order chi connectivity index (χ0) is 13.9. The molecule has 1 unspecified atom stereocenters. The molecular formula is C16H23N3O. The maximum atomic E-state index is 12.0. The molecule has 5 rings (SSSR count). The van der Waals surface area contributed by atoms with E-state index in [-0.39, 0.29) is 17.0 Å². The van der Waals surface area contributed by atoms with Crippen LogP contribution in [0.25, 0.3) is 0 Å². The number of aromatic nitrogens is 2. The number of nitrogens with one attached hydrogen (secondary N) is 1. The molecule has 4 aliphatic rings. The van der Waals surface area contributed by atoms with Gasteiger partial charge in [0.15, 0.2) is 0 Å². The van der Waals surface area contributed by atoms with E-state index < -0.39 is 0 Å². The van der Waals surface area contributed by atoms with E-state index in [1.165, 1.54) is 38.5 Å². The fourth-order valence-electron chi connectivity index (χ4n) is 5.39. The first-order valence-electron chi connectivity index (χ1n) is 7.91. The van der Waals surface area contributed by atoms with Crippen molar-refractivity contribution in [3.63, 3.8) is 0 Å². The number of aromatic amines is 1. The molecule has 0 radical (unpaired) electrons. The predicted molar refractivity (Wildman–Crippen MR) is 77.3 cm³/mol. The molecule has 0 spiro atoms. The molecule has 20 heavy (non-hydrogen) atoms. The molecule has 4 fully saturated rings. The van der Waals surface area contributed by atoms with Crippen molar-refractivity contribution in [3.05, 3.63) is 27.9 Å². The average Bonchev–Trinajstić information content (AvgIpc) is 2.36. The third kappa shape index (κ3) is 1.85. The molecule has 4 bridgehead atoms. The van der Waals surface area contributed by atoms with Crippen LogP contribution in [0.15, 0.2) is 10.9 Å². The van der Waals surface area contributed by atoms with E-state index >= 15 is 0 Å². The van der Waals surface area contributed by atoms with Gasteiger partial charge in [-0.15, -0.1) is 0 Å². The quantitative estimate of drug-likeness (QED) is 0.868. The van der Waals surface area contributed by atoms with Gasteiger partial charge in [-0.3, -0.25) is 4.79 Å². The monoisotopic (exact) mass is 273 g/mol. The topological polar surface area (TPSA) is 71.8 Å². The maximum Gasteiger partial charge on any atom is 0.251 e. The predicted octanol–water partition coefficient (Wildman–Crippen LogP) is 2.26. The lowest BCUT2D eigenvalue weighted by atomic mass is 9.49. The summed E-state index contributed by atoms with van der Waals surface area (Å²) in [7, 11) is 0. The van der Waals surface area contributed by atoms with Crippen LogP contribution in [0.3, 0.4) is 0 Å². The zero-order valence-electron chi connectivity index (χ0n) is 12.1. The minimum absolute atomic E-state index is 0.0435. The number of nitrogens with zero attached hydrogens (tertiary/aromatic N) is 1. The van der Waals surface area contributed by atoms with E-state index in [0.29, 0.717) is 5.82 Å². The van der Waals surface area contributed by atoms with Crippen LogP contribution in [-0.2, 0) is 5.41 Å². The molecule has 108 valence electrons. The number of nitrogens with two attached hydrogens (primary N) is 1. The first kappa shape index (κ1) is 12.6. The van der Waals surface area contributed by atoms with Crippen molar-refractivity contribution in [3.8, 4) is 0 Å². The highest BCUT2D eigenvalue weighted by Crippen LogP contribution is 2.60. The molecule has 1 aromatic rings. The molecule has 4 nitrogen and oxygen atoms in total. The highest BCUT2D eigenvalue weighted by Gasteiger charge is 2.52. The lowest BCUT2D eigenvalue weighted by Crippen LogP contribution is -2.49. The Balaban J connectivity index is 1.79. The standard InChI is InChI=1S/C16H23N3O/c1-9(17)15-18-13(5-14(20)19-15)16-6-10-2-11(7-16)4-12(3-10)8-16/h5,9-12H,2-4,6-8,17H2,1H3,(H,18,19,20). The van der Waals surface area contributed by atoms with Gasteiger partial charge in [-0.05, 0) is 63.2 Å². The highest BCUT2D eigenvalue weighted by atomic mass is 16.1. The van der Waals surface area contributed by atoms with Crippen molar-refractivity contribution in [1.82, 2.24) is 9.97 Å². The van der Waals surface area contributed by atoms with E-state index in [1.54, 1.807) is 6.07 Å². The Kier molecular flexibility index (Phi) is 2.62. The zero-order valence-corrected chi connectivity index (χ0v) is 12.1. The summed E-state index contributed by atoms with van der Waals surface area (Å²) in [4.78, 5) is 19.5. The lowest BCUT2D eigenvalue weighted by molar-refractivity contribution is -0.00743. The van der Waals surface area contributed by atoms with Crippen molar-refractivity contribution < 1.29 is 0 Å². The van der Waals surface area contributed by atoms with E-state index in [2.05, 4.69) is 4.98 Å². The molecule has 1 atom stereocenters. The van der Waals surface area contributed by atoms with Crippen molar-refractivity contribution in [2.45, 2.75) is 56.9 Å². The SMILES string of the molecule is CC(N)c1nc(C23CC4CC(CC(C4)C2)C3)cc(=O)[nH]1. The van der Waals surface area contributed by atoms with E-state index in [1.807, 2.05) is 6.92 Å². The van der Waals surface area contributed by atoms with Gasteiger partial charge in [0.2, 0.25) is 0 Å². The average molecular weight is 273 g/mol. The summed E-state index contributed by atoms with van der Waals surface area (Å²) in [5.74, 6) is 3.23. The number of hydrogen-bond donors (Lipinski definition) is 2. The Hall–Kier alpha value is -1.16. The molecular weight excluding hydrogens is 250 g/mol. The Morgan fingerprint density at radius 1 is 1.25 bits per heavy atom. The number of hydrogen-bond acceptors (Lipinski definition) is 3. The second kappa shape index (κ2) is 4.17. The molecule has 0 aromatic carbocycles. The molecule has 0 aliphatic heterocycles. The van der Waals surface area contributed by atoms with Crippen LogP contribution in [0.1, 0.15) is 63.0 Å². The van der Waals surface area contributed by atoms with Crippen LogP contribution < -0.4 is 11.3 Å². The van der Waals surface area contributed by atoms with E-state index in [9.17, 15) is 4.79 Å². The minimum Gasteiger partial charge on any atom is -0.322 e. The Morgan fingerprint density at radius 2 is 1.80 bits per heavy atom. The highest BCUT2D eigenvalue weighted by molar-refractivity contribution is 5.23. The van der Waals surface area contributed by atoms with Gasteiger partial charge in [-0.1, -0.05) is 0 Å². The molecule has 3 N–H and O–H groups in total. The first-order valence-corrected chi connectivity index (χ1v) is 7.91. The van der Waals surface area contributed by atoms with Gasteiger partial charge in [0, 0.05) is 11.5 Å². The number of H-pyrrole nitrogens is 1. The Labute approximate surface area is 119 Å². The summed E-state index contributed by atoms with van der Waals surface area (Å²) >= 11 is 0. The van der Waals surface area contributed by atoms with Gasteiger partial charge >= 0.3 is 0 Å². The second-order valence-corrected chi connectivity index (χ2v) is 7.50. The maximum absolute atomic E-state index is 12.0. The molecule has 4 aliphatic carbocycles. The van der Waals surface area contributed by atoms with Crippen LogP contribution in [0.5, 0.6) is 0 Å². The summed E-state index contributed by atoms with van der Waals surface area (Å²) in [5, 5.41) is 0. The molecule has 4 saturated carbocycles. The van der Waals surface area contributed by atoms with Crippen molar-refractivity contribution in [2.24, 2.45) is 23.5 Å². The summed E-state index contributed by atoms with van der Waals surface area (Å²) in [6.07, 6.45) is 7.91. The largest absolute Gasteiger partial charge is 0.322 e. The van der Waals surface area contributed by atoms with Gasteiger partial charge < -0.3 is 10.7 Å². The van der Waals surface area contributed by atoms with Crippen LogP contribution in [0, 0.1) is 17.8 Å². The summed E-state index contributed by atoms with van der Waals surface area (Å²) < 4.78 is 0. The normalized spacial score (nSPS) is 40.0. The lowest BCUT2D eigenvalue weighted by Gasteiger charge is -2.56. The fourth-order valence-corrected chi connectivity index (χ4v) is 5.39. The third-order valence-corrected chi connectivity index (χ3v) is 5.77. The second-order valence-electron chi connectivity index (χ2n) is 7.50. The van der Waals surface area contributed by atoms with Crippen molar-refractivity contribution >= 4 is 0 Å². The third-order valence-electron chi connectivity index (χ3n) is 5.77. The molecule has 1 aromatic heterocycles.